The first-order valence-electron chi connectivity index (χ1n) is 10.1. The van der Waals surface area contributed by atoms with Gasteiger partial charge >= 0.3 is 0 Å². The van der Waals surface area contributed by atoms with Crippen LogP contribution in [-0.2, 0) is 6.54 Å². The summed E-state index contributed by atoms with van der Waals surface area (Å²) in [6.45, 7) is 2.32. The molecule has 0 aliphatic carbocycles. The second-order valence-corrected chi connectivity index (χ2v) is 8.55. The summed E-state index contributed by atoms with van der Waals surface area (Å²) in [6, 6.07) is 18.5. The van der Waals surface area contributed by atoms with E-state index in [1.54, 1.807) is 45.2 Å². The maximum atomic E-state index is 13.3. The van der Waals surface area contributed by atoms with E-state index < -0.39 is 0 Å². The van der Waals surface area contributed by atoms with Crippen LogP contribution in [0.15, 0.2) is 66.2 Å². The minimum absolute atomic E-state index is 0.160. The number of carbonyl (C=O) groups is 1. The SMILES string of the molecule is Cc1cccc(-n2nc3c(c2-c2ccc4ncsc4c2)CN(c2ccc(O)cc2)C3=O)n1. The first-order chi connectivity index (χ1) is 15.6. The molecular formula is C24H17N5O2S. The third-order valence-electron chi connectivity index (χ3n) is 5.60. The molecule has 0 saturated carbocycles. The Balaban J connectivity index is 1.54. The van der Waals surface area contributed by atoms with Crippen molar-refractivity contribution in [2.45, 2.75) is 13.5 Å². The number of nitrogens with zero attached hydrogens (tertiary/aromatic N) is 5. The molecule has 1 amide bonds. The second-order valence-electron chi connectivity index (χ2n) is 7.67. The molecule has 0 spiro atoms. The summed E-state index contributed by atoms with van der Waals surface area (Å²) in [5.41, 5.74) is 7.44. The van der Waals surface area contributed by atoms with Gasteiger partial charge < -0.3 is 10.0 Å². The molecule has 1 aliphatic heterocycles. The quantitative estimate of drug-likeness (QED) is 0.440. The number of pyridine rings is 1. The van der Waals surface area contributed by atoms with Crippen molar-refractivity contribution in [2.24, 2.45) is 0 Å². The molecule has 0 atom stereocenters. The molecule has 2 aromatic carbocycles. The topological polar surface area (TPSA) is 84.1 Å². The Bertz CT molecular complexity index is 1500. The molecule has 6 rings (SSSR count). The van der Waals surface area contributed by atoms with Crippen LogP contribution in [0, 0.1) is 6.92 Å². The minimum atomic E-state index is -0.169. The van der Waals surface area contributed by atoms with E-state index in [-0.39, 0.29) is 11.7 Å². The summed E-state index contributed by atoms with van der Waals surface area (Å²) in [4.78, 5) is 24.0. The molecule has 156 valence electrons. The Labute approximate surface area is 187 Å². The lowest BCUT2D eigenvalue weighted by atomic mass is 10.1. The van der Waals surface area contributed by atoms with Gasteiger partial charge in [-0.15, -0.1) is 11.3 Å². The molecule has 3 aromatic heterocycles. The van der Waals surface area contributed by atoms with Crippen LogP contribution < -0.4 is 4.90 Å². The Morgan fingerprint density at radius 3 is 2.72 bits per heavy atom. The van der Waals surface area contributed by atoms with Gasteiger partial charge in [-0.25, -0.2) is 14.6 Å². The number of carbonyl (C=O) groups excluding carboxylic acids is 1. The standard InChI is InChI=1S/C24H17N5O2S/c1-14-3-2-4-21(26-14)29-23(15-5-10-19-20(11-15)32-13-25-19)18-12-28(24(31)22(18)27-29)16-6-8-17(30)9-7-16/h2-11,13,30H,12H2,1H3. The number of aryl methyl sites for hydroxylation is 1. The number of hydrogen-bond donors (Lipinski definition) is 1. The second kappa shape index (κ2) is 7.00. The number of phenols is 1. The molecule has 0 radical (unpaired) electrons. The molecular weight excluding hydrogens is 422 g/mol. The van der Waals surface area contributed by atoms with Crippen molar-refractivity contribution in [2.75, 3.05) is 4.90 Å². The minimum Gasteiger partial charge on any atom is -0.508 e. The molecule has 0 unspecified atom stereocenters. The lowest BCUT2D eigenvalue weighted by molar-refractivity contribution is 0.0991. The highest BCUT2D eigenvalue weighted by molar-refractivity contribution is 7.16. The highest BCUT2D eigenvalue weighted by atomic mass is 32.1. The van der Waals surface area contributed by atoms with Gasteiger partial charge in [0.25, 0.3) is 5.91 Å². The van der Waals surface area contributed by atoms with E-state index in [9.17, 15) is 9.90 Å². The third-order valence-corrected chi connectivity index (χ3v) is 6.40. The molecule has 0 saturated heterocycles. The highest BCUT2D eigenvalue weighted by Gasteiger charge is 2.36. The van der Waals surface area contributed by atoms with Gasteiger partial charge in [-0.2, -0.15) is 5.10 Å². The number of anilines is 1. The van der Waals surface area contributed by atoms with Crippen molar-refractivity contribution in [1.82, 2.24) is 19.7 Å². The number of rotatable bonds is 3. The Kier molecular flexibility index (Phi) is 4.09. The summed E-state index contributed by atoms with van der Waals surface area (Å²) < 4.78 is 2.84. The van der Waals surface area contributed by atoms with Crippen molar-refractivity contribution in [3.8, 4) is 22.8 Å². The van der Waals surface area contributed by atoms with E-state index in [0.29, 0.717) is 18.1 Å². The van der Waals surface area contributed by atoms with Gasteiger partial charge in [0.2, 0.25) is 0 Å². The van der Waals surface area contributed by atoms with Crippen LogP contribution in [0.5, 0.6) is 5.75 Å². The molecule has 1 aliphatic rings. The lowest BCUT2D eigenvalue weighted by Gasteiger charge is -2.17. The van der Waals surface area contributed by atoms with Crippen molar-refractivity contribution in [3.63, 3.8) is 0 Å². The van der Waals surface area contributed by atoms with E-state index in [2.05, 4.69) is 16.0 Å². The summed E-state index contributed by atoms with van der Waals surface area (Å²) in [7, 11) is 0. The smallest absolute Gasteiger partial charge is 0.279 e. The van der Waals surface area contributed by atoms with E-state index in [1.165, 1.54) is 0 Å². The first kappa shape index (κ1) is 18.7. The van der Waals surface area contributed by atoms with Gasteiger partial charge in [0.05, 0.1) is 28.0 Å². The summed E-state index contributed by atoms with van der Waals surface area (Å²) >= 11 is 1.58. The molecule has 0 fully saturated rings. The van der Waals surface area contributed by atoms with Crippen LogP contribution in [0.25, 0.3) is 27.3 Å². The maximum absolute atomic E-state index is 13.3. The predicted molar refractivity (Wildman–Crippen MR) is 123 cm³/mol. The van der Waals surface area contributed by atoms with E-state index in [0.717, 1.165) is 38.4 Å². The number of thiazole rings is 1. The molecule has 5 aromatic rings. The van der Waals surface area contributed by atoms with Gasteiger partial charge in [-0.05, 0) is 55.5 Å². The van der Waals surface area contributed by atoms with Crippen LogP contribution in [-0.4, -0.2) is 30.8 Å². The van der Waals surface area contributed by atoms with Crippen molar-refractivity contribution in [1.29, 1.82) is 0 Å². The Hall–Kier alpha value is -4.04. The maximum Gasteiger partial charge on any atom is 0.279 e. The summed E-state index contributed by atoms with van der Waals surface area (Å²) in [5.74, 6) is 0.660. The Morgan fingerprint density at radius 1 is 1.06 bits per heavy atom. The third kappa shape index (κ3) is 2.88. The fourth-order valence-corrected chi connectivity index (χ4v) is 4.80. The highest BCUT2D eigenvalue weighted by Crippen LogP contribution is 2.38. The van der Waals surface area contributed by atoms with Crippen LogP contribution in [0.4, 0.5) is 5.69 Å². The lowest BCUT2D eigenvalue weighted by Crippen LogP contribution is -2.24. The average molecular weight is 440 g/mol. The van der Waals surface area contributed by atoms with Crippen LogP contribution in [0.2, 0.25) is 0 Å². The molecule has 7 nitrogen and oxygen atoms in total. The van der Waals surface area contributed by atoms with Crippen LogP contribution in [0.3, 0.4) is 0 Å². The van der Waals surface area contributed by atoms with Crippen LogP contribution in [0.1, 0.15) is 21.7 Å². The molecule has 8 heteroatoms. The zero-order valence-electron chi connectivity index (χ0n) is 17.1. The number of phenolic OH excluding ortho intramolecular Hbond substituents is 1. The van der Waals surface area contributed by atoms with E-state index in [4.69, 9.17) is 5.10 Å². The van der Waals surface area contributed by atoms with Crippen molar-refractivity contribution >= 4 is 33.1 Å². The fraction of sp³-hybridized carbons (Fsp3) is 0.0833. The Morgan fingerprint density at radius 2 is 1.91 bits per heavy atom. The van der Waals surface area contributed by atoms with Gasteiger partial charge in [0.1, 0.15) is 5.75 Å². The summed E-state index contributed by atoms with van der Waals surface area (Å²) in [6.07, 6.45) is 0. The number of aromatic nitrogens is 4. The zero-order chi connectivity index (χ0) is 21.8. The van der Waals surface area contributed by atoms with E-state index >= 15 is 0 Å². The van der Waals surface area contributed by atoms with Crippen molar-refractivity contribution in [3.05, 3.63) is 83.1 Å². The normalized spacial score (nSPS) is 13.2. The van der Waals surface area contributed by atoms with Gasteiger partial charge in [0, 0.05) is 22.5 Å². The molecule has 0 bridgehead atoms. The summed E-state index contributed by atoms with van der Waals surface area (Å²) in [5, 5.41) is 14.3. The first-order valence-corrected chi connectivity index (χ1v) is 11.0. The number of benzene rings is 2. The van der Waals surface area contributed by atoms with Gasteiger partial charge in [0.15, 0.2) is 11.5 Å². The van der Waals surface area contributed by atoms with Gasteiger partial charge in [-0.3, -0.25) is 4.79 Å². The average Bonchev–Trinajstić information content (AvgIpc) is 3.49. The largest absolute Gasteiger partial charge is 0.508 e. The number of amides is 1. The number of fused-ring (bicyclic) bond motifs is 2. The number of hydrogen-bond acceptors (Lipinski definition) is 6. The molecule has 32 heavy (non-hydrogen) atoms. The van der Waals surface area contributed by atoms with E-state index in [1.807, 2.05) is 42.8 Å². The monoisotopic (exact) mass is 439 g/mol. The molecule has 1 N–H and O–H groups in total. The van der Waals surface area contributed by atoms with Crippen molar-refractivity contribution < 1.29 is 9.90 Å². The van der Waals surface area contributed by atoms with Crippen LogP contribution >= 0.6 is 11.3 Å². The molecule has 4 heterocycles. The predicted octanol–water partition coefficient (Wildman–Crippen LogP) is 4.72. The fourth-order valence-electron chi connectivity index (χ4n) is 4.08. The number of aromatic hydroxyl groups is 1. The zero-order valence-corrected chi connectivity index (χ0v) is 17.9. The van der Waals surface area contributed by atoms with Gasteiger partial charge in [-0.1, -0.05) is 12.1 Å².